The number of hydrogen-bond donors (Lipinski definition) is 0. The molecule has 0 saturated carbocycles. The number of benzene rings is 1. The topological polar surface area (TPSA) is 69.4 Å². The van der Waals surface area contributed by atoms with Gasteiger partial charge in [-0.05, 0) is 48.8 Å². The molecule has 1 amide bonds. The van der Waals surface area contributed by atoms with Gasteiger partial charge in [0.2, 0.25) is 5.91 Å². The number of rotatable bonds is 5. The van der Waals surface area contributed by atoms with Gasteiger partial charge in [-0.3, -0.25) is 9.36 Å². The van der Waals surface area contributed by atoms with E-state index in [-0.39, 0.29) is 29.2 Å². The Kier molecular flexibility index (Phi) is 6.04. The number of carbonyl (C=O) groups excluding carboxylic acids is 1. The Hall–Kier alpha value is -2.48. The summed E-state index contributed by atoms with van der Waals surface area (Å²) < 4.78 is 21.8. The highest BCUT2D eigenvalue weighted by Gasteiger charge is 2.37. The Morgan fingerprint density at radius 2 is 1.97 bits per heavy atom. The fraction of sp³-hybridized carbons (Fsp3) is 0.591. The van der Waals surface area contributed by atoms with Crippen LogP contribution in [0.4, 0.5) is 4.39 Å². The van der Waals surface area contributed by atoms with E-state index in [2.05, 4.69) is 5.10 Å². The Morgan fingerprint density at radius 1 is 1.20 bits per heavy atom. The van der Waals surface area contributed by atoms with Crippen LogP contribution >= 0.6 is 0 Å². The molecule has 1 spiro atoms. The van der Waals surface area contributed by atoms with Crippen molar-refractivity contribution in [3.63, 3.8) is 0 Å². The third-order valence-corrected chi connectivity index (χ3v) is 6.67. The van der Waals surface area contributed by atoms with E-state index in [1.165, 1.54) is 16.8 Å². The Labute approximate surface area is 175 Å². The number of fused-ring (bicyclic) bond motifs is 1. The van der Waals surface area contributed by atoms with Gasteiger partial charge in [0.15, 0.2) is 0 Å². The third-order valence-electron chi connectivity index (χ3n) is 6.67. The van der Waals surface area contributed by atoms with Gasteiger partial charge in [-0.25, -0.2) is 13.9 Å². The second kappa shape index (κ2) is 8.71. The SMILES string of the molecule is COCCn1nc2n(c1=O)CCC1(CC2)CCN(C(=O)Cc2cccc(F)c2)CC1. The van der Waals surface area contributed by atoms with Gasteiger partial charge in [0.1, 0.15) is 11.6 Å². The number of aromatic nitrogens is 3. The van der Waals surface area contributed by atoms with Gasteiger partial charge in [0.05, 0.1) is 19.6 Å². The molecule has 30 heavy (non-hydrogen) atoms. The van der Waals surface area contributed by atoms with Crippen molar-refractivity contribution in [3.8, 4) is 0 Å². The smallest absolute Gasteiger partial charge is 0.345 e. The number of carbonyl (C=O) groups is 1. The van der Waals surface area contributed by atoms with Gasteiger partial charge < -0.3 is 9.64 Å². The van der Waals surface area contributed by atoms with Crippen molar-refractivity contribution in [3.05, 3.63) is 52.0 Å². The molecule has 162 valence electrons. The van der Waals surface area contributed by atoms with Crippen LogP contribution in [-0.4, -0.2) is 52.0 Å². The summed E-state index contributed by atoms with van der Waals surface area (Å²) in [4.78, 5) is 27.2. The van der Waals surface area contributed by atoms with Gasteiger partial charge in [0.25, 0.3) is 0 Å². The lowest BCUT2D eigenvalue weighted by Gasteiger charge is -2.41. The molecule has 7 nitrogen and oxygen atoms in total. The number of piperidine rings is 1. The summed E-state index contributed by atoms with van der Waals surface area (Å²) in [5.41, 5.74) is 0.812. The van der Waals surface area contributed by atoms with Crippen LogP contribution in [0.1, 0.15) is 37.1 Å². The van der Waals surface area contributed by atoms with Crippen LogP contribution in [0.5, 0.6) is 0 Å². The van der Waals surface area contributed by atoms with Crippen LogP contribution in [0.3, 0.4) is 0 Å². The first kappa shape index (κ1) is 20.8. The molecule has 4 rings (SSSR count). The normalized spacial score (nSPS) is 18.3. The van der Waals surface area contributed by atoms with E-state index in [0.29, 0.717) is 38.3 Å². The van der Waals surface area contributed by atoms with Crippen molar-refractivity contribution in [1.82, 2.24) is 19.2 Å². The first-order chi connectivity index (χ1) is 14.5. The van der Waals surface area contributed by atoms with Crippen molar-refractivity contribution >= 4 is 5.91 Å². The lowest BCUT2D eigenvalue weighted by molar-refractivity contribution is -0.133. The summed E-state index contributed by atoms with van der Waals surface area (Å²) in [6.45, 7) is 3.06. The fourth-order valence-electron chi connectivity index (χ4n) is 4.73. The number of likely N-dealkylation sites (tertiary alicyclic amines) is 1. The maximum atomic E-state index is 13.4. The van der Waals surface area contributed by atoms with Gasteiger partial charge in [-0.1, -0.05) is 12.1 Å². The zero-order valence-corrected chi connectivity index (χ0v) is 17.5. The number of halogens is 1. The van der Waals surface area contributed by atoms with Crippen molar-refractivity contribution < 1.29 is 13.9 Å². The molecule has 1 aromatic carbocycles. The Bertz CT molecular complexity index is 960. The number of ether oxygens (including phenoxy) is 1. The van der Waals surface area contributed by atoms with Crippen LogP contribution in [0, 0.1) is 11.2 Å². The number of nitrogens with zero attached hydrogens (tertiary/aromatic N) is 4. The van der Waals surface area contributed by atoms with Gasteiger partial charge >= 0.3 is 5.69 Å². The van der Waals surface area contributed by atoms with Crippen LogP contribution in [0.25, 0.3) is 0 Å². The average molecular weight is 416 g/mol. The summed E-state index contributed by atoms with van der Waals surface area (Å²) in [7, 11) is 1.62. The molecule has 0 radical (unpaired) electrons. The lowest BCUT2D eigenvalue weighted by atomic mass is 9.72. The monoisotopic (exact) mass is 416 g/mol. The number of aryl methyl sites for hydroxylation is 1. The Balaban J connectivity index is 1.35. The molecular weight excluding hydrogens is 387 g/mol. The first-order valence-corrected chi connectivity index (χ1v) is 10.7. The highest BCUT2D eigenvalue weighted by atomic mass is 19.1. The van der Waals surface area contributed by atoms with E-state index < -0.39 is 0 Å². The second-order valence-corrected chi connectivity index (χ2v) is 8.50. The van der Waals surface area contributed by atoms with Gasteiger partial charge in [0, 0.05) is 33.2 Å². The molecular formula is C22H29FN4O3. The standard InChI is InChI=1S/C22H29FN4O3/c1-30-14-13-27-21(29)26-12-9-22(6-5-19(26)24-27)7-10-25(11-8-22)20(28)16-17-3-2-4-18(23)15-17/h2-4,15H,5-14,16H2,1H3. The maximum absolute atomic E-state index is 13.4. The molecule has 8 heteroatoms. The zero-order valence-electron chi connectivity index (χ0n) is 17.5. The molecule has 1 fully saturated rings. The first-order valence-electron chi connectivity index (χ1n) is 10.7. The molecule has 1 aromatic heterocycles. The molecule has 2 aromatic rings. The van der Waals surface area contributed by atoms with E-state index in [9.17, 15) is 14.0 Å². The molecule has 2 aliphatic heterocycles. The van der Waals surface area contributed by atoms with Crippen molar-refractivity contribution in [2.75, 3.05) is 26.8 Å². The maximum Gasteiger partial charge on any atom is 0.345 e. The second-order valence-electron chi connectivity index (χ2n) is 8.50. The Morgan fingerprint density at radius 3 is 2.70 bits per heavy atom. The molecule has 0 aliphatic carbocycles. The molecule has 0 N–H and O–H groups in total. The molecule has 0 atom stereocenters. The quantitative estimate of drug-likeness (QED) is 0.748. The van der Waals surface area contributed by atoms with E-state index in [4.69, 9.17) is 4.74 Å². The fourth-order valence-corrected chi connectivity index (χ4v) is 4.73. The number of methoxy groups -OCH3 is 1. The van der Waals surface area contributed by atoms with E-state index >= 15 is 0 Å². The minimum Gasteiger partial charge on any atom is -0.383 e. The average Bonchev–Trinajstić information content (AvgIpc) is 2.93. The van der Waals surface area contributed by atoms with Gasteiger partial charge in [-0.2, -0.15) is 5.10 Å². The zero-order chi connectivity index (χ0) is 21.1. The van der Waals surface area contributed by atoms with E-state index in [0.717, 1.165) is 37.9 Å². The molecule has 0 unspecified atom stereocenters. The summed E-state index contributed by atoms with van der Waals surface area (Å²) in [5, 5.41) is 4.51. The van der Waals surface area contributed by atoms with Crippen molar-refractivity contribution in [2.24, 2.45) is 5.41 Å². The minimum atomic E-state index is -0.310. The summed E-state index contributed by atoms with van der Waals surface area (Å²) in [5.74, 6) is 0.603. The van der Waals surface area contributed by atoms with E-state index in [1.54, 1.807) is 19.2 Å². The molecule has 2 aliphatic rings. The van der Waals surface area contributed by atoms with Crippen molar-refractivity contribution in [1.29, 1.82) is 0 Å². The summed E-state index contributed by atoms with van der Waals surface area (Å²) in [6, 6.07) is 6.25. The predicted octanol–water partition coefficient (Wildman–Crippen LogP) is 2.02. The van der Waals surface area contributed by atoms with Crippen LogP contribution in [0.15, 0.2) is 29.1 Å². The van der Waals surface area contributed by atoms with Crippen LogP contribution in [-0.2, 0) is 35.5 Å². The van der Waals surface area contributed by atoms with Gasteiger partial charge in [-0.15, -0.1) is 0 Å². The van der Waals surface area contributed by atoms with E-state index in [1.807, 2.05) is 9.47 Å². The highest BCUT2D eigenvalue weighted by Crippen LogP contribution is 2.41. The van der Waals surface area contributed by atoms with Crippen LogP contribution < -0.4 is 5.69 Å². The van der Waals surface area contributed by atoms with Crippen molar-refractivity contribution in [2.45, 2.75) is 51.6 Å². The molecule has 1 saturated heterocycles. The van der Waals surface area contributed by atoms with Crippen LogP contribution in [0.2, 0.25) is 0 Å². The lowest BCUT2D eigenvalue weighted by Crippen LogP contribution is -2.44. The largest absolute Gasteiger partial charge is 0.383 e. The summed E-state index contributed by atoms with van der Waals surface area (Å²) >= 11 is 0. The number of amides is 1. The third kappa shape index (κ3) is 4.33. The molecule has 0 bridgehead atoms. The highest BCUT2D eigenvalue weighted by molar-refractivity contribution is 5.78. The molecule has 3 heterocycles. The summed E-state index contributed by atoms with van der Waals surface area (Å²) in [6.07, 6.45) is 4.81. The predicted molar refractivity (Wildman–Crippen MR) is 110 cm³/mol. The number of hydrogen-bond acceptors (Lipinski definition) is 4. The minimum absolute atomic E-state index is 0.0537.